The summed E-state index contributed by atoms with van der Waals surface area (Å²) in [6, 6.07) is 3.97. The van der Waals surface area contributed by atoms with Gasteiger partial charge in [-0.25, -0.2) is 0 Å². The molecule has 3 saturated carbocycles. The maximum atomic E-state index is 12.3. The van der Waals surface area contributed by atoms with Gasteiger partial charge in [0.05, 0.1) is 4.88 Å². The van der Waals surface area contributed by atoms with Crippen molar-refractivity contribution in [1.82, 2.24) is 10.6 Å². The van der Waals surface area contributed by atoms with Crippen LogP contribution in [0.2, 0.25) is 0 Å². The molecule has 3 fully saturated rings. The largest absolute Gasteiger partial charge is 0.349 e. The van der Waals surface area contributed by atoms with Crippen LogP contribution >= 0.6 is 11.3 Å². The van der Waals surface area contributed by atoms with Gasteiger partial charge in [0.2, 0.25) is 0 Å². The van der Waals surface area contributed by atoms with Crippen molar-refractivity contribution in [2.24, 2.45) is 0 Å². The predicted molar refractivity (Wildman–Crippen MR) is 86.0 cm³/mol. The van der Waals surface area contributed by atoms with Crippen LogP contribution in [-0.4, -0.2) is 24.0 Å². The molecule has 3 aliphatic rings. The molecule has 4 rings (SSSR count). The Bertz CT molecular complexity index is 517. The highest BCUT2D eigenvalue weighted by atomic mass is 32.1. The zero-order valence-corrected chi connectivity index (χ0v) is 13.3. The summed E-state index contributed by atoms with van der Waals surface area (Å²) in [6.45, 7) is 0. The fourth-order valence-corrected chi connectivity index (χ4v) is 4.49. The minimum Gasteiger partial charge on any atom is -0.349 e. The highest BCUT2D eigenvalue weighted by Gasteiger charge is 2.40. The average Bonchev–Trinajstić information content (AvgIpc) is 2.86. The van der Waals surface area contributed by atoms with Gasteiger partial charge in [0.15, 0.2) is 0 Å². The van der Waals surface area contributed by atoms with Crippen LogP contribution in [0.3, 0.4) is 0 Å². The van der Waals surface area contributed by atoms with E-state index in [4.69, 9.17) is 0 Å². The maximum Gasteiger partial charge on any atom is 0.261 e. The van der Waals surface area contributed by atoms with Crippen LogP contribution < -0.4 is 10.6 Å². The standard InChI is InChI=1S/C17H24N2OS/c20-17(19-13-4-1-2-5-13)16-8-11(10-21-16)14-9-15(14)18-12-6-3-7-12/h8,10,12-15,18H,1-7,9H2,(H,19,20)/t14-,15-/m0/s1. The zero-order valence-electron chi connectivity index (χ0n) is 12.4. The van der Waals surface area contributed by atoms with E-state index >= 15 is 0 Å². The van der Waals surface area contributed by atoms with Gasteiger partial charge in [-0.2, -0.15) is 0 Å². The molecule has 0 radical (unpaired) electrons. The first kappa shape index (κ1) is 13.8. The number of nitrogens with one attached hydrogen (secondary N) is 2. The Labute approximate surface area is 130 Å². The van der Waals surface area contributed by atoms with Crippen LogP contribution in [0.4, 0.5) is 0 Å². The lowest BCUT2D eigenvalue weighted by molar-refractivity contribution is 0.0942. The molecule has 0 unspecified atom stereocenters. The lowest BCUT2D eigenvalue weighted by Crippen LogP contribution is -2.37. The highest BCUT2D eigenvalue weighted by Crippen LogP contribution is 2.43. The average molecular weight is 304 g/mol. The van der Waals surface area contributed by atoms with Gasteiger partial charge in [0, 0.05) is 24.0 Å². The molecular weight excluding hydrogens is 280 g/mol. The van der Waals surface area contributed by atoms with E-state index < -0.39 is 0 Å². The Morgan fingerprint density at radius 1 is 1.10 bits per heavy atom. The fourth-order valence-electron chi connectivity index (χ4n) is 3.62. The monoisotopic (exact) mass is 304 g/mol. The van der Waals surface area contributed by atoms with E-state index in [0.717, 1.165) is 23.8 Å². The SMILES string of the molecule is O=C(NC1CCCC1)c1cc([C@@H]2C[C@@H]2NC2CCC2)cs1. The first-order valence-electron chi connectivity index (χ1n) is 8.45. The summed E-state index contributed by atoms with van der Waals surface area (Å²) in [5.74, 6) is 0.789. The molecule has 1 aromatic rings. The third kappa shape index (κ3) is 3.02. The second-order valence-corrected chi connectivity index (χ2v) is 7.85. The lowest BCUT2D eigenvalue weighted by Gasteiger charge is -2.26. The van der Waals surface area contributed by atoms with Gasteiger partial charge >= 0.3 is 0 Å². The van der Waals surface area contributed by atoms with Gasteiger partial charge in [-0.1, -0.05) is 19.3 Å². The summed E-state index contributed by atoms with van der Waals surface area (Å²) in [4.78, 5) is 13.2. The quantitative estimate of drug-likeness (QED) is 0.875. The Hall–Kier alpha value is -0.870. The second kappa shape index (κ2) is 5.73. The van der Waals surface area contributed by atoms with Crippen molar-refractivity contribution < 1.29 is 4.79 Å². The zero-order chi connectivity index (χ0) is 14.2. The molecule has 1 heterocycles. The van der Waals surface area contributed by atoms with Crippen LogP contribution in [0.5, 0.6) is 0 Å². The molecular formula is C17H24N2OS. The molecule has 1 aromatic heterocycles. The molecule has 114 valence electrons. The van der Waals surface area contributed by atoms with Crippen LogP contribution in [-0.2, 0) is 0 Å². The van der Waals surface area contributed by atoms with Crippen molar-refractivity contribution in [2.45, 2.75) is 75.4 Å². The number of rotatable bonds is 5. The van der Waals surface area contributed by atoms with Crippen LogP contribution in [0.25, 0.3) is 0 Å². The minimum absolute atomic E-state index is 0.141. The van der Waals surface area contributed by atoms with E-state index in [1.165, 1.54) is 44.1 Å². The number of amides is 1. The summed E-state index contributed by atoms with van der Waals surface area (Å²) >= 11 is 1.61. The molecule has 0 saturated heterocycles. The first-order chi connectivity index (χ1) is 10.3. The van der Waals surface area contributed by atoms with Gasteiger partial charge in [-0.3, -0.25) is 4.79 Å². The van der Waals surface area contributed by atoms with Crippen LogP contribution in [0.15, 0.2) is 11.4 Å². The summed E-state index contributed by atoms with van der Waals surface area (Å²) in [5.41, 5.74) is 1.37. The van der Waals surface area contributed by atoms with Gasteiger partial charge < -0.3 is 10.6 Å². The summed E-state index contributed by atoms with van der Waals surface area (Å²) in [6.07, 6.45) is 10.2. The number of hydrogen-bond acceptors (Lipinski definition) is 3. The molecule has 21 heavy (non-hydrogen) atoms. The van der Waals surface area contributed by atoms with Crippen molar-refractivity contribution in [3.8, 4) is 0 Å². The van der Waals surface area contributed by atoms with Crippen LogP contribution in [0.1, 0.15) is 72.5 Å². The Kier molecular flexibility index (Phi) is 3.76. The van der Waals surface area contributed by atoms with Crippen molar-refractivity contribution in [2.75, 3.05) is 0 Å². The Morgan fingerprint density at radius 2 is 1.86 bits per heavy atom. The number of thiophene rings is 1. The topological polar surface area (TPSA) is 41.1 Å². The Morgan fingerprint density at radius 3 is 2.57 bits per heavy atom. The molecule has 0 bridgehead atoms. The maximum absolute atomic E-state index is 12.3. The van der Waals surface area contributed by atoms with E-state index in [1.54, 1.807) is 11.3 Å². The van der Waals surface area contributed by atoms with E-state index in [2.05, 4.69) is 22.1 Å². The summed E-state index contributed by atoms with van der Waals surface area (Å²) < 4.78 is 0. The minimum atomic E-state index is 0.141. The third-order valence-electron chi connectivity index (χ3n) is 5.31. The third-order valence-corrected chi connectivity index (χ3v) is 6.25. The molecule has 0 aliphatic heterocycles. The van der Waals surface area contributed by atoms with Crippen LogP contribution in [0, 0.1) is 0 Å². The van der Waals surface area contributed by atoms with E-state index in [9.17, 15) is 4.79 Å². The van der Waals surface area contributed by atoms with E-state index in [1.807, 2.05) is 0 Å². The molecule has 4 heteroatoms. The fraction of sp³-hybridized carbons (Fsp3) is 0.706. The highest BCUT2D eigenvalue weighted by molar-refractivity contribution is 7.12. The van der Waals surface area contributed by atoms with Gasteiger partial charge in [-0.05, 0) is 49.1 Å². The molecule has 3 nitrogen and oxygen atoms in total. The summed E-state index contributed by atoms with van der Waals surface area (Å²) in [5, 5.41) is 9.12. The number of carbonyl (C=O) groups is 1. The molecule has 0 spiro atoms. The number of carbonyl (C=O) groups excluding carboxylic acids is 1. The first-order valence-corrected chi connectivity index (χ1v) is 9.33. The van der Waals surface area contributed by atoms with Crippen molar-refractivity contribution in [3.05, 3.63) is 21.9 Å². The molecule has 3 aliphatic carbocycles. The normalized spacial score (nSPS) is 29.3. The smallest absolute Gasteiger partial charge is 0.261 e. The van der Waals surface area contributed by atoms with Crippen molar-refractivity contribution in [3.63, 3.8) is 0 Å². The lowest BCUT2D eigenvalue weighted by atomic mass is 9.93. The Balaban J connectivity index is 1.31. The van der Waals surface area contributed by atoms with Gasteiger partial charge in [0.1, 0.15) is 0 Å². The molecule has 2 N–H and O–H groups in total. The second-order valence-electron chi connectivity index (χ2n) is 6.94. The van der Waals surface area contributed by atoms with Crippen molar-refractivity contribution >= 4 is 17.2 Å². The molecule has 1 amide bonds. The van der Waals surface area contributed by atoms with E-state index in [0.29, 0.717) is 18.0 Å². The summed E-state index contributed by atoms with van der Waals surface area (Å²) in [7, 11) is 0. The van der Waals surface area contributed by atoms with Crippen molar-refractivity contribution in [1.29, 1.82) is 0 Å². The van der Waals surface area contributed by atoms with E-state index in [-0.39, 0.29) is 5.91 Å². The van der Waals surface area contributed by atoms with Gasteiger partial charge in [-0.15, -0.1) is 11.3 Å². The molecule has 0 aromatic carbocycles. The predicted octanol–water partition coefficient (Wildman–Crippen LogP) is 3.42. The molecule has 2 atom stereocenters. The number of hydrogen-bond donors (Lipinski definition) is 2. The van der Waals surface area contributed by atoms with Gasteiger partial charge in [0.25, 0.3) is 5.91 Å².